The van der Waals surface area contributed by atoms with E-state index in [0.29, 0.717) is 19.3 Å². The van der Waals surface area contributed by atoms with Crippen LogP contribution in [0.15, 0.2) is 35.2 Å². The SMILES string of the molecule is N#C[C@@]1(S(=O)(=O)c2ccccc2)CCC[C@@H]1CO. The van der Waals surface area contributed by atoms with Crippen molar-refractivity contribution < 1.29 is 13.5 Å². The van der Waals surface area contributed by atoms with Crippen molar-refractivity contribution in [2.45, 2.75) is 28.9 Å². The summed E-state index contributed by atoms with van der Waals surface area (Å²) in [6.07, 6.45) is 1.53. The molecule has 0 saturated heterocycles. The van der Waals surface area contributed by atoms with E-state index in [4.69, 9.17) is 0 Å². The first kappa shape index (κ1) is 13.1. The average molecular weight is 265 g/mol. The number of hydrogen-bond donors (Lipinski definition) is 1. The minimum Gasteiger partial charge on any atom is -0.396 e. The van der Waals surface area contributed by atoms with Gasteiger partial charge in [0, 0.05) is 12.5 Å². The van der Waals surface area contributed by atoms with Crippen LogP contribution in [0.5, 0.6) is 0 Å². The Morgan fingerprint density at radius 3 is 2.61 bits per heavy atom. The summed E-state index contributed by atoms with van der Waals surface area (Å²) in [5, 5.41) is 18.7. The highest BCUT2D eigenvalue weighted by Gasteiger charge is 2.53. The molecule has 0 unspecified atom stereocenters. The molecule has 0 spiro atoms. The molecule has 2 rings (SSSR count). The number of aliphatic hydroxyl groups is 1. The van der Waals surface area contributed by atoms with E-state index in [1.807, 2.05) is 6.07 Å². The number of nitriles is 1. The average Bonchev–Trinajstić information content (AvgIpc) is 2.84. The Bertz CT molecular complexity index is 562. The van der Waals surface area contributed by atoms with Crippen molar-refractivity contribution in [1.29, 1.82) is 5.26 Å². The molecule has 4 nitrogen and oxygen atoms in total. The maximum Gasteiger partial charge on any atom is 0.197 e. The van der Waals surface area contributed by atoms with Gasteiger partial charge in [0.1, 0.15) is 0 Å². The van der Waals surface area contributed by atoms with Crippen molar-refractivity contribution in [2.75, 3.05) is 6.61 Å². The van der Waals surface area contributed by atoms with Crippen molar-refractivity contribution in [3.05, 3.63) is 30.3 Å². The topological polar surface area (TPSA) is 78.2 Å². The van der Waals surface area contributed by atoms with Crippen LogP contribution in [0, 0.1) is 17.2 Å². The number of aliphatic hydroxyl groups excluding tert-OH is 1. The van der Waals surface area contributed by atoms with Crippen LogP contribution in [0.1, 0.15) is 19.3 Å². The Morgan fingerprint density at radius 1 is 1.39 bits per heavy atom. The predicted octanol–water partition coefficient (Wildman–Crippen LogP) is 1.52. The van der Waals surface area contributed by atoms with Gasteiger partial charge in [-0.2, -0.15) is 5.26 Å². The summed E-state index contributed by atoms with van der Waals surface area (Å²) in [6.45, 7) is -0.264. The standard InChI is InChI=1S/C13H15NO3S/c14-10-13(8-4-5-11(13)9-15)18(16,17)12-6-2-1-3-7-12/h1-3,6-7,11,15H,4-5,8-9H2/t11-,13+/m1/s1. The first-order valence-corrected chi connectivity index (χ1v) is 7.38. The fourth-order valence-electron chi connectivity index (χ4n) is 2.66. The van der Waals surface area contributed by atoms with Gasteiger partial charge in [-0.15, -0.1) is 0 Å². The lowest BCUT2D eigenvalue weighted by atomic mass is 9.97. The Labute approximate surface area is 107 Å². The third-order valence-corrected chi connectivity index (χ3v) is 6.18. The fraction of sp³-hybridized carbons (Fsp3) is 0.462. The summed E-state index contributed by atoms with van der Waals surface area (Å²) in [6, 6.07) is 9.98. The zero-order valence-corrected chi connectivity index (χ0v) is 10.7. The molecule has 1 saturated carbocycles. The molecule has 1 N–H and O–H groups in total. The van der Waals surface area contributed by atoms with E-state index in [2.05, 4.69) is 0 Å². The van der Waals surface area contributed by atoms with Gasteiger partial charge in [-0.25, -0.2) is 8.42 Å². The van der Waals surface area contributed by atoms with E-state index in [1.54, 1.807) is 18.2 Å². The Kier molecular flexibility index (Phi) is 3.42. The second kappa shape index (κ2) is 4.71. The van der Waals surface area contributed by atoms with E-state index < -0.39 is 20.5 Å². The van der Waals surface area contributed by atoms with Crippen LogP contribution in [0.3, 0.4) is 0 Å². The number of nitrogens with zero attached hydrogens (tertiary/aromatic N) is 1. The summed E-state index contributed by atoms with van der Waals surface area (Å²) >= 11 is 0. The Balaban J connectivity index is 2.55. The second-order valence-electron chi connectivity index (χ2n) is 4.59. The largest absolute Gasteiger partial charge is 0.396 e. The molecule has 0 heterocycles. The second-order valence-corrected chi connectivity index (χ2v) is 6.80. The van der Waals surface area contributed by atoms with E-state index in [1.165, 1.54) is 12.1 Å². The number of benzene rings is 1. The molecule has 0 amide bonds. The van der Waals surface area contributed by atoms with E-state index >= 15 is 0 Å². The summed E-state index contributed by atoms with van der Waals surface area (Å²) in [5.74, 6) is -0.493. The van der Waals surface area contributed by atoms with Gasteiger partial charge in [0.05, 0.1) is 11.0 Å². The minimum atomic E-state index is -3.73. The van der Waals surface area contributed by atoms with Gasteiger partial charge < -0.3 is 5.11 Å². The van der Waals surface area contributed by atoms with Crippen LogP contribution in [0.25, 0.3) is 0 Å². The van der Waals surface area contributed by atoms with Gasteiger partial charge in [-0.1, -0.05) is 24.6 Å². The molecule has 1 aliphatic carbocycles. The van der Waals surface area contributed by atoms with E-state index in [-0.39, 0.29) is 11.5 Å². The van der Waals surface area contributed by atoms with Crippen LogP contribution < -0.4 is 0 Å². The zero-order chi connectivity index (χ0) is 13.2. The van der Waals surface area contributed by atoms with Crippen LogP contribution in [-0.2, 0) is 9.84 Å². The van der Waals surface area contributed by atoms with Gasteiger partial charge >= 0.3 is 0 Å². The highest BCUT2D eigenvalue weighted by molar-refractivity contribution is 7.93. The maximum atomic E-state index is 12.6. The van der Waals surface area contributed by atoms with Crippen molar-refractivity contribution >= 4 is 9.84 Å². The molecular formula is C13H15NO3S. The molecule has 0 bridgehead atoms. The van der Waals surface area contributed by atoms with Gasteiger partial charge in [0.25, 0.3) is 0 Å². The predicted molar refractivity (Wildman–Crippen MR) is 66.4 cm³/mol. The third kappa shape index (κ3) is 1.73. The molecule has 1 aliphatic rings. The van der Waals surface area contributed by atoms with Crippen LogP contribution in [-0.4, -0.2) is 24.9 Å². The first-order chi connectivity index (χ1) is 8.58. The molecule has 0 radical (unpaired) electrons. The number of sulfone groups is 1. The van der Waals surface area contributed by atoms with Crippen molar-refractivity contribution in [3.8, 4) is 6.07 Å². The summed E-state index contributed by atoms with van der Waals surface area (Å²) < 4.78 is 23.8. The van der Waals surface area contributed by atoms with E-state index in [9.17, 15) is 18.8 Å². The normalized spacial score (nSPS) is 27.9. The molecular weight excluding hydrogens is 250 g/mol. The van der Waals surface area contributed by atoms with Crippen molar-refractivity contribution in [3.63, 3.8) is 0 Å². The highest BCUT2D eigenvalue weighted by atomic mass is 32.2. The van der Waals surface area contributed by atoms with Crippen LogP contribution in [0.4, 0.5) is 0 Å². The first-order valence-electron chi connectivity index (χ1n) is 5.90. The van der Waals surface area contributed by atoms with Gasteiger partial charge in [0.15, 0.2) is 14.6 Å². The molecule has 2 atom stereocenters. The smallest absolute Gasteiger partial charge is 0.197 e. The lowest BCUT2D eigenvalue weighted by Gasteiger charge is -2.27. The van der Waals surface area contributed by atoms with Gasteiger partial charge in [-0.05, 0) is 25.0 Å². The molecule has 96 valence electrons. The molecule has 18 heavy (non-hydrogen) atoms. The molecule has 0 aliphatic heterocycles. The lowest BCUT2D eigenvalue weighted by Crippen LogP contribution is -2.42. The Morgan fingerprint density at radius 2 is 2.06 bits per heavy atom. The van der Waals surface area contributed by atoms with E-state index in [0.717, 1.165) is 0 Å². The maximum absolute atomic E-state index is 12.6. The van der Waals surface area contributed by atoms with Gasteiger partial charge in [-0.3, -0.25) is 0 Å². The van der Waals surface area contributed by atoms with Gasteiger partial charge in [0.2, 0.25) is 0 Å². The Hall–Kier alpha value is -1.38. The number of rotatable bonds is 3. The number of hydrogen-bond acceptors (Lipinski definition) is 4. The fourth-order valence-corrected chi connectivity index (χ4v) is 4.76. The summed E-state index contributed by atoms with van der Waals surface area (Å²) in [5.41, 5.74) is 0. The van der Waals surface area contributed by atoms with Crippen LogP contribution >= 0.6 is 0 Å². The molecule has 1 fully saturated rings. The summed E-state index contributed by atoms with van der Waals surface area (Å²) in [4.78, 5) is 0.159. The third-order valence-electron chi connectivity index (χ3n) is 3.70. The summed E-state index contributed by atoms with van der Waals surface area (Å²) in [7, 11) is -3.73. The molecule has 1 aromatic rings. The van der Waals surface area contributed by atoms with Crippen LogP contribution in [0.2, 0.25) is 0 Å². The highest BCUT2D eigenvalue weighted by Crippen LogP contribution is 2.44. The lowest BCUT2D eigenvalue weighted by molar-refractivity contribution is 0.218. The van der Waals surface area contributed by atoms with Crippen molar-refractivity contribution in [2.24, 2.45) is 5.92 Å². The molecule has 5 heteroatoms. The monoisotopic (exact) mass is 265 g/mol. The zero-order valence-electron chi connectivity index (χ0n) is 9.91. The quantitative estimate of drug-likeness (QED) is 0.898. The molecule has 1 aromatic carbocycles. The molecule has 0 aromatic heterocycles. The van der Waals surface area contributed by atoms with Crippen molar-refractivity contribution in [1.82, 2.24) is 0 Å². The minimum absolute atomic E-state index is 0.159.